The Morgan fingerprint density at radius 1 is 1.43 bits per heavy atom. The van der Waals surface area contributed by atoms with Gasteiger partial charge in [-0.05, 0) is 63.8 Å². The van der Waals surface area contributed by atoms with Crippen LogP contribution in [0.5, 0.6) is 5.75 Å². The van der Waals surface area contributed by atoms with Gasteiger partial charge in [0.2, 0.25) is 5.91 Å². The first-order valence-electron chi connectivity index (χ1n) is 8.30. The molecule has 0 aliphatic carbocycles. The second-order valence-corrected chi connectivity index (χ2v) is 6.51. The fraction of sp³-hybridized carbons (Fsp3) is 0.611. The monoisotopic (exact) mass is 320 g/mol. The minimum Gasteiger partial charge on any atom is -0.495 e. The molecule has 23 heavy (non-hydrogen) atoms. The number of rotatable bonds is 5. The van der Waals surface area contributed by atoms with Gasteiger partial charge in [0, 0.05) is 6.54 Å². The van der Waals surface area contributed by atoms with Crippen molar-refractivity contribution in [2.75, 3.05) is 25.5 Å². The van der Waals surface area contributed by atoms with Gasteiger partial charge in [0.1, 0.15) is 5.75 Å². The van der Waals surface area contributed by atoms with Crippen LogP contribution in [0, 0.1) is 12.8 Å². The lowest BCUT2D eigenvalue weighted by molar-refractivity contribution is -0.121. The zero-order valence-corrected chi connectivity index (χ0v) is 14.5. The van der Waals surface area contributed by atoms with Gasteiger partial charge in [0.15, 0.2) is 0 Å². The van der Waals surface area contributed by atoms with Crippen molar-refractivity contribution in [1.29, 1.82) is 0 Å². The number of carbonyl (C=O) groups is 1. The molecule has 1 aromatic rings. The number of amides is 1. The van der Waals surface area contributed by atoms with Gasteiger partial charge >= 0.3 is 0 Å². The number of piperidine rings is 1. The van der Waals surface area contributed by atoms with Gasteiger partial charge in [-0.25, -0.2) is 0 Å². The first kappa shape index (κ1) is 17.8. The molecule has 1 aliphatic heterocycles. The fourth-order valence-corrected chi connectivity index (χ4v) is 3.11. The SMILES string of the molecule is COc1ccc(C)cc1NC(=O)C(C)N1CCCC(C(C)O)C1. The second kappa shape index (κ2) is 7.79. The van der Waals surface area contributed by atoms with Crippen molar-refractivity contribution in [3.8, 4) is 5.75 Å². The Bertz CT molecular complexity index is 545. The van der Waals surface area contributed by atoms with Crippen LogP contribution in [-0.2, 0) is 4.79 Å². The number of methoxy groups -OCH3 is 1. The summed E-state index contributed by atoms with van der Waals surface area (Å²) in [5, 5.41) is 12.8. The van der Waals surface area contributed by atoms with Gasteiger partial charge in [-0.15, -0.1) is 0 Å². The summed E-state index contributed by atoms with van der Waals surface area (Å²) in [6, 6.07) is 5.50. The van der Waals surface area contributed by atoms with Gasteiger partial charge in [0.25, 0.3) is 0 Å². The number of aryl methyl sites for hydroxylation is 1. The van der Waals surface area contributed by atoms with Crippen molar-refractivity contribution in [2.24, 2.45) is 5.92 Å². The highest BCUT2D eigenvalue weighted by Gasteiger charge is 2.29. The molecule has 0 bridgehead atoms. The molecule has 3 atom stereocenters. The number of aliphatic hydroxyl groups is 1. The molecule has 5 nitrogen and oxygen atoms in total. The van der Waals surface area contributed by atoms with E-state index in [1.54, 1.807) is 7.11 Å². The van der Waals surface area contributed by atoms with Crippen LogP contribution < -0.4 is 10.1 Å². The molecule has 0 radical (unpaired) electrons. The third kappa shape index (κ3) is 4.45. The van der Waals surface area contributed by atoms with Crippen LogP contribution in [0.4, 0.5) is 5.69 Å². The van der Waals surface area contributed by atoms with Crippen LogP contribution in [0.25, 0.3) is 0 Å². The number of nitrogens with one attached hydrogen (secondary N) is 1. The number of nitrogens with zero attached hydrogens (tertiary/aromatic N) is 1. The van der Waals surface area contributed by atoms with Gasteiger partial charge in [-0.3, -0.25) is 9.69 Å². The van der Waals surface area contributed by atoms with Crippen LogP contribution in [0.3, 0.4) is 0 Å². The maximum atomic E-state index is 12.6. The van der Waals surface area contributed by atoms with Crippen LogP contribution in [-0.4, -0.2) is 48.3 Å². The summed E-state index contributed by atoms with van der Waals surface area (Å²) in [4.78, 5) is 14.7. The van der Waals surface area contributed by atoms with Crippen molar-refractivity contribution in [1.82, 2.24) is 4.90 Å². The Balaban J connectivity index is 2.04. The first-order valence-corrected chi connectivity index (χ1v) is 8.30. The Morgan fingerprint density at radius 3 is 2.83 bits per heavy atom. The van der Waals surface area contributed by atoms with Crippen LogP contribution in [0.2, 0.25) is 0 Å². The quantitative estimate of drug-likeness (QED) is 0.875. The van der Waals surface area contributed by atoms with E-state index in [9.17, 15) is 9.90 Å². The molecule has 128 valence electrons. The van der Waals surface area contributed by atoms with E-state index < -0.39 is 0 Å². The third-order valence-corrected chi connectivity index (χ3v) is 4.71. The van der Waals surface area contributed by atoms with Crippen LogP contribution in [0.15, 0.2) is 18.2 Å². The van der Waals surface area contributed by atoms with Gasteiger partial charge in [0.05, 0.1) is 24.9 Å². The van der Waals surface area contributed by atoms with Gasteiger partial charge < -0.3 is 15.2 Å². The first-order chi connectivity index (χ1) is 10.9. The predicted molar refractivity (Wildman–Crippen MR) is 91.8 cm³/mol. The third-order valence-electron chi connectivity index (χ3n) is 4.71. The number of ether oxygens (including phenoxy) is 1. The van der Waals surface area contributed by atoms with E-state index in [0.717, 1.165) is 31.5 Å². The zero-order chi connectivity index (χ0) is 17.0. The molecular formula is C18H28N2O3. The number of aliphatic hydroxyl groups excluding tert-OH is 1. The summed E-state index contributed by atoms with van der Waals surface area (Å²) >= 11 is 0. The summed E-state index contributed by atoms with van der Waals surface area (Å²) in [6.07, 6.45) is 1.71. The molecule has 1 aliphatic rings. The Labute approximate surface area is 138 Å². The largest absolute Gasteiger partial charge is 0.495 e. The van der Waals surface area contributed by atoms with E-state index in [-0.39, 0.29) is 24.0 Å². The molecule has 1 saturated heterocycles. The maximum absolute atomic E-state index is 12.6. The van der Waals surface area contributed by atoms with Crippen LogP contribution >= 0.6 is 0 Å². The van der Waals surface area contributed by atoms with E-state index in [2.05, 4.69) is 10.2 Å². The second-order valence-electron chi connectivity index (χ2n) is 6.51. The van der Waals surface area contributed by atoms with Crippen molar-refractivity contribution < 1.29 is 14.6 Å². The highest BCUT2D eigenvalue weighted by molar-refractivity contribution is 5.95. The summed E-state index contributed by atoms with van der Waals surface area (Å²) < 4.78 is 5.31. The number of hydrogen-bond acceptors (Lipinski definition) is 4. The fourth-order valence-electron chi connectivity index (χ4n) is 3.11. The predicted octanol–water partition coefficient (Wildman–Crippen LogP) is 2.42. The molecule has 5 heteroatoms. The normalized spacial score (nSPS) is 21.5. The number of anilines is 1. The van der Waals surface area contributed by atoms with Crippen LogP contribution in [0.1, 0.15) is 32.3 Å². The zero-order valence-electron chi connectivity index (χ0n) is 14.5. The topological polar surface area (TPSA) is 61.8 Å². The summed E-state index contributed by atoms with van der Waals surface area (Å²) in [6.45, 7) is 7.38. The standard InChI is InChI=1S/C18H28N2O3/c1-12-7-8-17(23-4)16(10-12)19-18(22)13(2)20-9-5-6-15(11-20)14(3)21/h7-8,10,13-15,21H,5-6,9,11H2,1-4H3,(H,19,22). The van der Waals surface area contributed by atoms with E-state index >= 15 is 0 Å². The van der Waals surface area contributed by atoms with E-state index in [4.69, 9.17) is 4.74 Å². The van der Waals surface area contributed by atoms with E-state index in [0.29, 0.717) is 11.4 Å². The lowest BCUT2D eigenvalue weighted by atomic mass is 9.92. The molecule has 0 aromatic heterocycles. The molecular weight excluding hydrogens is 292 g/mol. The van der Waals surface area contributed by atoms with Crippen molar-refractivity contribution >= 4 is 11.6 Å². The van der Waals surface area contributed by atoms with E-state index in [1.807, 2.05) is 39.0 Å². The highest BCUT2D eigenvalue weighted by atomic mass is 16.5. The van der Waals surface area contributed by atoms with Gasteiger partial charge in [-0.2, -0.15) is 0 Å². The number of benzene rings is 1. The minimum atomic E-state index is -0.329. The summed E-state index contributed by atoms with van der Waals surface area (Å²) in [7, 11) is 1.60. The molecule has 2 rings (SSSR count). The van der Waals surface area contributed by atoms with Crippen molar-refractivity contribution in [3.05, 3.63) is 23.8 Å². The van der Waals surface area contributed by atoms with E-state index in [1.165, 1.54) is 0 Å². The smallest absolute Gasteiger partial charge is 0.241 e. The lowest BCUT2D eigenvalue weighted by Gasteiger charge is -2.37. The summed E-state index contributed by atoms with van der Waals surface area (Å²) in [5.74, 6) is 0.865. The van der Waals surface area contributed by atoms with Crippen molar-refractivity contribution in [2.45, 2.75) is 45.8 Å². The minimum absolute atomic E-state index is 0.0415. The maximum Gasteiger partial charge on any atom is 0.241 e. The lowest BCUT2D eigenvalue weighted by Crippen LogP contribution is -2.48. The number of carbonyl (C=O) groups excluding carboxylic acids is 1. The Morgan fingerprint density at radius 2 is 2.17 bits per heavy atom. The molecule has 2 N–H and O–H groups in total. The average molecular weight is 320 g/mol. The molecule has 3 unspecified atom stereocenters. The molecule has 0 spiro atoms. The number of hydrogen-bond donors (Lipinski definition) is 2. The molecule has 1 heterocycles. The molecule has 1 aromatic carbocycles. The number of likely N-dealkylation sites (tertiary alicyclic amines) is 1. The van der Waals surface area contributed by atoms with Crippen molar-refractivity contribution in [3.63, 3.8) is 0 Å². The Hall–Kier alpha value is -1.59. The molecule has 1 amide bonds. The Kier molecular flexibility index (Phi) is 6.02. The average Bonchev–Trinajstić information content (AvgIpc) is 2.54. The van der Waals surface area contributed by atoms with Gasteiger partial charge in [-0.1, -0.05) is 6.07 Å². The molecule has 0 saturated carbocycles. The molecule has 1 fully saturated rings. The highest BCUT2D eigenvalue weighted by Crippen LogP contribution is 2.26. The summed E-state index contributed by atoms with van der Waals surface area (Å²) in [5.41, 5.74) is 1.77.